The van der Waals surface area contributed by atoms with Gasteiger partial charge in [-0.15, -0.1) is 0 Å². The minimum absolute atomic E-state index is 0.0359. The van der Waals surface area contributed by atoms with Crippen molar-refractivity contribution in [2.75, 3.05) is 0 Å². The first-order valence-electron chi connectivity index (χ1n) is 4.45. The van der Waals surface area contributed by atoms with Gasteiger partial charge in [0.1, 0.15) is 11.9 Å². The molecule has 0 amide bonds. The second kappa shape index (κ2) is 4.04. The number of hydrogen-bond donors (Lipinski definition) is 2. The second-order valence-corrected chi connectivity index (χ2v) is 3.57. The SMILES string of the molecule is OC(c1cc[nH]c1)c1cccc(F)c1Cl. The molecular weight excluding hydrogens is 217 g/mol. The van der Waals surface area contributed by atoms with Gasteiger partial charge in [-0.3, -0.25) is 0 Å². The third-order valence-corrected chi connectivity index (χ3v) is 2.61. The Bertz CT molecular complexity index is 456. The van der Waals surface area contributed by atoms with E-state index in [1.54, 1.807) is 24.5 Å². The van der Waals surface area contributed by atoms with Gasteiger partial charge in [0, 0.05) is 23.5 Å². The third kappa shape index (κ3) is 1.89. The molecular formula is C11H9ClFNO. The summed E-state index contributed by atoms with van der Waals surface area (Å²) in [6, 6.07) is 6.09. The van der Waals surface area contributed by atoms with Gasteiger partial charge >= 0.3 is 0 Å². The lowest BCUT2D eigenvalue weighted by atomic mass is 10.0. The van der Waals surface area contributed by atoms with Gasteiger partial charge in [0.25, 0.3) is 0 Å². The van der Waals surface area contributed by atoms with Gasteiger partial charge in [-0.2, -0.15) is 0 Å². The standard InChI is InChI=1S/C11H9ClFNO/c12-10-8(2-1-3-9(10)13)11(15)7-4-5-14-6-7/h1-6,11,14-15H. The lowest BCUT2D eigenvalue weighted by molar-refractivity contribution is 0.220. The van der Waals surface area contributed by atoms with Gasteiger partial charge in [0.15, 0.2) is 0 Å². The fraction of sp³-hybridized carbons (Fsp3) is 0.0909. The van der Waals surface area contributed by atoms with Crippen molar-refractivity contribution in [2.24, 2.45) is 0 Å². The molecule has 1 aromatic heterocycles. The summed E-state index contributed by atoms with van der Waals surface area (Å²) in [4.78, 5) is 2.82. The molecule has 0 radical (unpaired) electrons. The quantitative estimate of drug-likeness (QED) is 0.810. The molecule has 0 spiro atoms. The zero-order chi connectivity index (χ0) is 10.8. The van der Waals surface area contributed by atoms with Crippen LogP contribution in [0.3, 0.4) is 0 Å². The Morgan fingerprint density at radius 1 is 1.33 bits per heavy atom. The molecule has 1 heterocycles. The summed E-state index contributed by atoms with van der Waals surface area (Å²) < 4.78 is 13.1. The number of aromatic nitrogens is 1. The number of halogens is 2. The number of aromatic amines is 1. The van der Waals surface area contributed by atoms with E-state index in [1.165, 1.54) is 12.1 Å². The lowest BCUT2D eigenvalue weighted by Gasteiger charge is -2.11. The maximum absolute atomic E-state index is 13.1. The monoisotopic (exact) mass is 225 g/mol. The highest BCUT2D eigenvalue weighted by Gasteiger charge is 2.16. The Kier molecular flexibility index (Phi) is 2.75. The molecule has 2 nitrogen and oxygen atoms in total. The average molecular weight is 226 g/mol. The van der Waals surface area contributed by atoms with Crippen molar-refractivity contribution < 1.29 is 9.50 Å². The van der Waals surface area contributed by atoms with Gasteiger partial charge < -0.3 is 10.1 Å². The number of aliphatic hydroxyl groups is 1. The average Bonchev–Trinajstić information content (AvgIpc) is 2.74. The molecule has 0 fully saturated rings. The minimum atomic E-state index is -0.903. The van der Waals surface area contributed by atoms with E-state index in [0.717, 1.165) is 0 Å². The van der Waals surface area contributed by atoms with E-state index in [-0.39, 0.29) is 5.02 Å². The molecule has 1 atom stereocenters. The molecule has 0 saturated carbocycles. The molecule has 0 saturated heterocycles. The minimum Gasteiger partial charge on any atom is -0.384 e. The van der Waals surface area contributed by atoms with Gasteiger partial charge in [-0.25, -0.2) is 4.39 Å². The highest BCUT2D eigenvalue weighted by molar-refractivity contribution is 6.31. The van der Waals surface area contributed by atoms with Crippen LogP contribution in [0.2, 0.25) is 5.02 Å². The van der Waals surface area contributed by atoms with Crippen LogP contribution < -0.4 is 0 Å². The summed E-state index contributed by atoms with van der Waals surface area (Å²) in [5, 5.41) is 9.88. The molecule has 0 aliphatic heterocycles. The van der Waals surface area contributed by atoms with Crippen LogP contribution in [0.5, 0.6) is 0 Å². The largest absolute Gasteiger partial charge is 0.384 e. The van der Waals surface area contributed by atoms with E-state index in [1.807, 2.05) is 0 Å². The molecule has 0 aliphatic carbocycles. The van der Waals surface area contributed by atoms with E-state index < -0.39 is 11.9 Å². The zero-order valence-electron chi connectivity index (χ0n) is 7.74. The number of aliphatic hydroxyl groups excluding tert-OH is 1. The molecule has 0 aliphatic rings. The normalized spacial score (nSPS) is 12.7. The van der Waals surface area contributed by atoms with Crippen LogP contribution in [0, 0.1) is 5.82 Å². The smallest absolute Gasteiger partial charge is 0.142 e. The lowest BCUT2D eigenvalue weighted by Crippen LogP contribution is -2.00. The van der Waals surface area contributed by atoms with Crippen molar-refractivity contribution in [2.45, 2.75) is 6.10 Å². The molecule has 15 heavy (non-hydrogen) atoms. The predicted molar refractivity (Wildman–Crippen MR) is 56.3 cm³/mol. The third-order valence-electron chi connectivity index (χ3n) is 2.21. The number of H-pyrrole nitrogens is 1. The molecule has 2 rings (SSSR count). The van der Waals surface area contributed by atoms with Crippen LogP contribution in [0.25, 0.3) is 0 Å². The number of nitrogens with one attached hydrogen (secondary N) is 1. The predicted octanol–water partition coefficient (Wildman–Crippen LogP) is 2.89. The maximum Gasteiger partial charge on any atom is 0.142 e. The van der Waals surface area contributed by atoms with Crippen LogP contribution in [-0.4, -0.2) is 10.1 Å². The van der Waals surface area contributed by atoms with E-state index in [9.17, 15) is 9.50 Å². The van der Waals surface area contributed by atoms with Crippen LogP contribution in [-0.2, 0) is 0 Å². The number of benzene rings is 1. The van der Waals surface area contributed by atoms with Crippen molar-refractivity contribution in [3.05, 3.63) is 58.6 Å². The van der Waals surface area contributed by atoms with Crippen molar-refractivity contribution >= 4 is 11.6 Å². The Balaban J connectivity index is 2.42. The van der Waals surface area contributed by atoms with Crippen LogP contribution >= 0.6 is 11.6 Å². The second-order valence-electron chi connectivity index (χ2n) is 3.19. The van der Waals surface area contributed by atoms with Crippen LogP contribution in [0.4, 0.5) is 4.39 Å². The summed E-state index contributed by atoms with van der Waals surface area (Å²) >= 11 is 5.76. The van der Waals surface area contributed by atoms with E-state index in [0.29, 0.717) is 11.1 Å². The van der Waals surface area contributed by atoms with E-state index >= 15 is 0 Å². The Hall–Kier alpha value is -1.32. The number of rotatable bonds is 2. The molecule has 1 unspecified atom stereocenters. The summed E-state index contributed by atoms with van der Waals surface area (Å²) in [7, 11) is 0. The number of hydrogen-bond acceptors (Lipinski definition) is 1. The first-order chi connectivity index (χ1) is 7.20. The summed E-state index contributed by atoms with van der Waals surface area (Å²) in [5.74, 6) is -0.524. The van der Waals surface area contributed by atoms with Crippen molar-refractivity contribution in [1.29, 1.82) is 0 Å². The molecule has 2 N–H and O–H groups in total. The van der Waals surface area contributed by atoms with Gasteiger partial charge in [0.2, 0.25) is 0 Å². The molecule has 0 bridgehead atoms. The van der Waals surface area contributed by atoms with Crippen molar-refractivity contribution in [1.82, 2.24) is 4.98 Å². The molecule has 1 aromatic carbocycles. The van der Waals surface area contributed by atoms with Crippen molar-refractivity contribution in [3.63, 3.8) is 0 Å². The Morgan fingerprint density at radius 2 is 2.13 bits per heavy atom. The maximum atomic E-state index is 13.1. The molecule has 4 heteroatoms. The fourth-order valence-electron chi connectivity index (χ4n) is 1.42. The summed E-state index contributed by atoms with van der Waals surface area (Å²) in [6.07, 6.45) is 2.43. The fourth-order valence-corrected chi connectivity index (χ4v) is 1.65. The van der Waals surface area contributed by atoms with Gasteiger partial charge in [0.05, 0.1) is 5.02 Å². The Morgan fingerprint density at radius 3 is 2.80 bits per heavy atom. The van der Waals surface area contributed by atoms with E-state index in [2.05, 4.69) is 4.98 Å². The topological polar surface area (TPSA) is 36.0 Å². The van der Waals surface area contributed by atoms with Crippen molar-refractivity contribution in [3.8, 4) is 0 Å². The highest BCUT2D eigenvalue weighted by Crippen LogP contribution is 2.29. The summed E-state index contributed by atoms with van der Waals surface area (Å²) in [6.45, 7) is 0. The van der Waals surface area contributed by atoms with Gasteiger partial charge in [-0.05, 0) is 12.1 Å². The first kappa shape index (κ1) is 10.2. The Labute approximate surface area is 91.3 Å². The molecule has 78 valence electrons. The first-order valence-corrected chi connectivity index (χ1v) is 4.82. The molecule has 2 aromatic rings. The van der Waals surface area contributed by atoms with Crippen LogP contribution in [0.15, 0.2) is 36.7 Å². The van der Waals surface area contributed by atoms with Crippen LogP contribution in [0.1, 0.15) is 17.2 Å². The van der Waals surface area contributed by atoms with E-state index in [4.69, 9.17) is 11.6 Å². The van der Waals surface area contributed by atoms with Gasteiger partial charge in [-0.1, -0.05) is 23.7 Å². The highest BCUT2D eigenvalue weighted by atomic mass is 35.5. The summed E-state index contributed by atoms with van der Waals surface area (Å²) in [5.41, 5.74) is 1.03. The zero-order valence-corrected chi connectivity index (χ0v) is 8.50.